The van der Waals surface area contributed by atoms with Gasteiger partial charge in [0.1, 0.15) is 11.4 Å². The van der Waals surface area contributed by atoms with Gasteiger partial charge >= 0.3 is 11.9 Å². The molecule has 2 aliphatic heterocycles. The number of amides is 1. The molecule has 0 aliphatic carbocycles. The Balaban J connectivity index is 1.55. The minimum absolute atomic E-state index is 0.0809. The van der Waals surface area contributed by atoms with E-state index in [0.29, 0.717) is 34.3 Å². The summed E-state index contributed by atoms with van der Waals surface area (Å²) >= 11 is 1.45. The first-order valence-corrected chi connectivity index (χ1v) is 10.9. The summed E-state index contributed by atoms with van der Waals surface area (Å²) in [5.41, 5.74) is 1.66. The number of fused-ring (bicyclic) bond motifs is 3. The number of hydrogen-bond donors (Lipinski definition) is 1. The molecule has 11 heteroatoms. The van der Waals surface area contributed by atoms with Crippen LogP contribution < -0.4 is 9.80 Å². The number of carboxylic acid groups (broad SMARTS) is 1. The van der Waals surface area contributed by atoms with Gasteiger partial charge in [-0.25, -0.2) is 14.8 Å². The number of hydrogen-bond acceptors (Lipinski definition) is 9. The molecule has 0 radical (unpaired) electrons. The van der Waals surface area contributed by atoms with Gasteiger partial charge in [-0.15, -0.1) is 10.2 Å². The van der Waals surface area contributed by atoms with E-state index in [0.717, 1.165) is 19.4 Å². The molecule has 5 rings (SSSR count). The average Bonchev–Trinajstić information content (AvgIpc) is 3.45. The van der Waals surface area contributed by atoms with Crippen LogP contribution in [0.1, 0.15) is 33.9 Å². The first kappa shape index (κ1) is 19.5. The minimum atomic E-state index is -1.29. The van der Waals surface area contributed by atoms with Crippen molar-refractivity contribution in [3.63, 3.8) is 0 Å². The van der Waals surface area contributed by atoms with Gasteiger partial charge in [0, 0.05) is 36.6 Å². The van der Waals surface area contributed by atoms with E-state index in [1.807, 2.05) is 12.3 Å². The lowest BCUT2D eigenvalue weighted by Crippen LogP contribution is -2.39. The normalized spacial score (nSPS) is 18.0. The third kappa shape index (κ3) is 3.40. The highest BCUT2D eigenvalue weighted by Crippen LogP contribution is 2.35. The molecule has 158 valence electrons. The van der Waals surface area contributed by atoms with Crippen molar-refractivity contribution in [2.45, 2.75) is 24.0 Å². The molecule has 1 aromatic carbocycles. The van der Waals surface area contributed by atoms with Crippen molar-refractivity contribution in [3.05, 3.63) is 41.9 Å². The van der Waals surface area contributed by atoms with Crippen LogP contribution in [0.25, 0.3) is 11.5 Å². The van der Waals surface area contributed by atoms with Gasteiger partial charge in [0.25, 0.3) is 5.91 Å². The maximum Gasteiger partial charge on any atom is 0.393 e. The van der Waals surface area contributed by atoms with Crippen molar-refractivity contribution in [2.75, 3.05) is 29.1 Å². The van der Waals surface area contributed by atoms with E-state index in [9.17, 15) is 9.59 Å². The lowest BCUT2D eigenvalue weighted by Gasteiger charge is -2.27. The van der Waals surface area contributed by atoms with E-state index in [1.54, 1.807) is 29.3 Å². The Hall–Kier alpha value is -3.47. The van der Waals surface area contributed by atoms with Gasteiger partial charge < -0.3 is 19.3 Å². The standard InChI is InChI=1S/C20H18N6O4S/c1-31-20-21-9-14-15(22-20)25-7-3-6-13(25)10-26(18(14)27)12-5-2-4-11(8-12)16-23-24-17(30-16)19(28)29/h2,4-5,8-9,13H,3,6-7,10H2,1H3,(H,28,29)/t13-/m0/s1. The summed E-state index contributed by atoms with van der Waals surface area (Å²) in [6, 6.07) is 7.24. The molecule has 1 N–H and O–H groups in total. The van der Waals surface area contributed by atoms with Gasteiger partial charge in [-0.3, -0.25) is 4.79 Å². The van der Waals surface area contributed by atoms with Crippen molar-refractivity contribution < 1.29 is 19.1 Å². The van der Waals surface area contributed by atoms with Crippen LogP contribution in [0.15, 0.2) is 40.0 Å². The molecule has 0 saturated carbocycles. The molecule has 2 aliphatic rings. The minimum Gasteiger partial charge on any atom is -0.474 e. The molecule has 10 nitrogen and oxygen atoms in total. The first-order valence-electron chi connectivity index (χ1n) is 9.72. The van der Waals surface area contributed by atoms with Gasteiger partial charge in [-0.05, 0) is 37.3 Å². The van der Waals surface area contributed by atoms with E-state index in [4.69, 9.17) is 9.52 Å². The number of rotatable bonds is 4. The van der Waals surface area contributed by atoms with E-state index < -0.39 is 11.9 Å². The number of thioether (sulfide) groups is 1. The van der Waals surface area contributed by atoms with Gasteiger partial charge in [0.15, 0.2) is 5.16 Å². The molecule has 31 heavy (non-hydrogen) atoms. The fourth-order valence-electron chi connectivity index (χ4n) is 4.02. The predicted octanol–water partition coefficient (Wildman–Crippen LogP) is 2.58. The molecule has 0 unspecified atom stereocenters. The second-order valence-corrected chi connectivity index (χ2v) is 8.04. The SMILES string of the molecule is CSc1ncc2c(n1)N1CCC[C@H]1CN(c1cccc(-c3nnc(C(=O)O)o3)c1)C2=O. The fourth-order valence-corrected chi connectivity index (χ4v) is 4.36. The zero-order valence-electron chi connectivity index (χ0n) is 16.6. The molecule has 0 spiro atoms. The lowest BCUT2D eigenvalue weighted by molar-refractivity contribution is 0.0654. The van der Waals surface area contributed by atoms with Crippen LogP contribution in [0.4, 0.5) is 11.5 Å². The van der Waals surface area contributed by atoms with Gasteiger partial charge in [0.2, 0.25) is 5.89 Å². The van der Waals surface area contributed by atoms with Gasteiger partial charge in [-0.1, -0.05) is 17.8 Å². The van der Waals surface area contributed by atoms with Crippen molar-refractivity contribution in [1.29, 1.82) is 0 Å². The van der Waals surface area contributed by atoms with E-state index in [2.05, 4.69) is 25.1 Å². The topological polar surface area (TPSA) is 126 Å². The number of aromatic nitrogens is 4. The summed E-state index contributed by atoms with van der Waals surface area (Å²) in [4.78, 5) is 37.4. The molecule has 4 heterocycles. The average molecular weight is 438 g/mol. The van der Waals surface area contributed by atoms with E-state index >= 15 is 0 Å². The first-order chi connectivity index (χ1) is 15.0. The summed E-state index contributed by atoms with van der Waals surface area (Å²) in [6.45, 7) is 1.36. The number of aromatic carboxylic acids is 1. The maximum atomic E-state index is 13.5. The second kappa shape index (κ2) is 7.65. The summed E-state index contributed by atoms with van der Waals surface area (Å²) in [5, 5.41) is 17.0. The number of anilines is 2. The van der Waals surface area contributed by atoms with Crippen molar-refractivity contribution >= 4 is 35.1 Å². The summed E-state index contributed by atoms with van der Waals surface area (Å²) < 4.78 is 5.22. The Kier molecular flexibility index (Phi) is 4.81. The number of carbonyl (C=O) groups is 2. The smallest absolute Gasteiger partial charge is 0.393 e. The Labute approximate surface area is 181 Å². The number of benzene rings is 1. The molecule has 3 aromatic rings. The predicted molar refractivity (Wildman–Crippen MR) is 113 cm³/mol. The quantitative estimate of drug-likeness (QED) is 0.480. The van der Waals surface area contributed by atoms with E-state index in [1.165, 1.54) is 11.8 Å². The van der Waals surface area contributed by atoms with Crippen molar-refractivity contribution in [3.8, 4) is 11.5 Å². The van der Waals surface area contributed by atoms with Crippen molar-refractivity contribution in [1.82, 2.24) is 20.2 Å². The second-order valence-electron chi connectivity index (χ2n) is 7.27. The number of carbonyl (C=O) groups excluding carboxylic acids is 1. The molecular weight excluding hydrogens is 420 g/mol. The fraction of sp³-hybridized carbons (Fsp3) is 0.300. The van der Waals surface area contributed by atoms with Crippen LogP contribution in [0, 0.1) is 0 Å². The Bertz CT molecular complexity index is 1180. The van der Waals surface area contributed by atoms with Crippen LogP contribution in [0.2, 0.25) is 0 Å². The molecule has 1 fully saturated rings. The maximum absolute atomic E-state index is 13.5. The Morgan fingerprint density at radius 1 is 1.32 bits per heavy atom. The van der Waals surface area contributed by atoms with E-state index in [-0.39, 0.29) is 17.8 Å². The van der Waals surface area contributed by atoms with Crippen LogP contribution in [-0.2, 0) is 0 Å². The molecule has 2 aromatic heterocycles. The molecular formula is C20H18N6O4S. The summed E-state index contributed by atoms with van der Waals surface area (Å²) in [6.07, 6.45) is 5.51. The number of nitrogens with zero attached hydrogens (tertiary/aromatic N) is 6. The summed E-state index contributed by atoms with van der Waals surface area (Å²) in [5.74, 6) is -1.18. The lowest BCUT2D eigenvalue weighted by atomic mass is 10.1. The van der Waals surface area contributed by atoms with Gasteiger partial charge in [-0.2, -0.15) is 0 Å². The molecule has 1 atom stereocenters. The highest BCUT2D eigenvalue weighted by molar-refractivity contribution is 7.98. The highest BCUT2D eigenvalue weighted by atomic mass is 32.2. The monoisotopic (exact) mass is 438 g/mol. The third-order valence-corrected chi connectivity index (χ3v) is 6.02. The third-order valence-electron chi connectivity index (χ3n) is 5.46. The van der Waals surface area contributed by atoms with Crippen LogP contribution in [-0.4, -0.2) is 62.5 Å². The Morgan fingerprint density at radius 2 is 2.19 bits per heavy atom. The van der Waals surface area contributed by atoms with Crippen LogP contribution in [0.3, 0.4) is 0 Å². The Morgan fingerprint density at radius 3 is 2.97 bits per heavy atom. The molecule has 1 amide bonds. The molecule has 1 saturated heterocycles. The zero-order valence-corrected chi connectivity index (χ0v) is 17.4. The van der Waals surface area contributed by atoms with Crippen LogP contribution in [0.5, 0.6) is 0 Å². The highest BCUT2D eigenvalue weighted by Gasteiger charge is 2.37. The number of carboxylic acids is 1. The molecule has 0 bridgehead atoms. The van der Waals surface area contributed by atoms with Crippen molar-refractivity contribution in [2.24, 2.45) is 0 Å². The summed E-state index contributed by atoms with van der Waals surface area (Å²) in [7, 11) is 0. The van der Waals surface area contributed by atoms with Gasteiger partial charge in [0.05, 0.1) is 0 Å². The largest absolute Gasteiger partial charge is 0.474 e. The zero-order chi connectivity index (χ0) is 21.5. The van der Waals surface area contributed by atoms with Crippen LogP contribution >= 0.6 is 11.8 Å².